The highest BCUT2D eigenvalue weighted by Crippen LogP contribution is 2.34. The van der Waals surface area contributed by atoms with Gasteiger partial charge in [-0.25, -0.2) is 8.42 Å². The minimum absolute atomic E-state index is 0.0269. The number of alkyl halides is 1. The number of sulfonamides is 1. The average Bonchev–Trinajstić information content (AvgIpc) is 2.78. The van der Waals surface area contributed by atoms with E-state index in [1.165, 1.54) is 10.4 Å². The van der Waals surface area contributed by atoms with Crippen LogP contribution in [-0.2, 0) is 16.4 Å². The maximum Gasteiger partial charge on any atom is 0.214 e. The molecular formula is C12H18ClNO2S2. The number of rotatable bonds is 5. The predicted molar refractivity (Wildman–Crippen MR) is 76.9 cm³/mol. The Bertz CT molecular complexity index is 498. The molecule has 102 valence electrons. The average molecular weight is 308 g/mol. The van der Waals surface area contributed by atoms with Crippen molar-refractivity contribution in [3.05, 3.63) is 21.9 Å². The molecule has 1 aliphatic rings. The first-order valence-corrected chi connectivity index (χ1v) is 9.20. The number of fused-ring (bicyclic) bond motifs is 1. The molecule has 0 saturated heterocycles. The number of thiophene rings is 1. The van der Waals surface area contributed by atoms with E-state index >= 15 is 0 Å². The summed E-state index contributed by atoms with van der Waals surface area (Å²) in [7, 11) is -3.15. The fourth-order valence-electron chi connectivity index (χ4n) is 2.36. The first kappa shape index (κ1) is 14.3. The SMILES string of the molecule is CC1c2ccsc2CCN1S(=O)(=O)CCCCCl. The Balaban J connectivity index is 2.10. The van der Waals surface area contributed by atoms with E-state index in [-0.39, 0.29) is 11.8 Å². The smallest absolute Gasteiger partial charge is 0.212 e. The third kappa shape index (κ3) is 2.90. The van der Waals surface area contributed by atoms with E-state index in [1.54, 1.807) is 15.6 Å². The Kier molecular flexibility index (Phi) is 4.69. The van der Waals surface area contributed by atoms with Gasteiger partial charge in [-0.15, -0.1) is 22.9 Å². The molecule has 0 amide bonds. The topological polar surface area (TPSA) is 37.4 Å². The fraction of sp³-hybridized carbons (Fsp3) is 0.667. The highest BCUT2D eigenvalue weighted by atomic mass is 35.5. The lowest BCUT2D eigenvalue weighted by Gasteiger charge is -2.32. The normalized spacial score (nSPS) is 20.9. The van der Waals surface area contributed by atoms with E-state index < -0.39 is 10.0 Å². The summed E-state index contributed by atoms with van der Waals surface area (Å²) in [6.45, 7) is 2.59. The number of unbranched alkanes of at least 4 members (excludes halogenated alkanes) is 1. The minimum Gasteiger partial charge on any atom is -0.212 e. The van der Waals surface area contributed by atoms with Gasteiger partial charge in [0.05, 0.1) is 5.75 Å². The van der Waals surface area contributed by atoms with Crippen LogP contribution in [0.25, 0.3) is 0 Å². The zero-order chi connectivity index (χ0) is 13.2. The van der Waals surface area contributed by atoms with Crippen molar-refractivity contribution in [2.45, 2.75) is 32.2 Å². The summed E-state index contributed by atoms with van der Waals surface area (Å²) < 4.78 is 26.2. The lowest BCUT2D eigenvalue weighted by molar-refractivity contribution is 0.329. The predicted octanol–water partition coefficient (Wildman–Crippen LogP) is 3.02. The van der Waals surface area contributed by atoms with Gasteiger partial charge in [0.15, 0.2) is 0 Å². The van der Waals surface area contributed by atoms with Gasteiger partial charge in [-0.05, 0) is 43.2 Å². The standard InChI is InChI=1S/C12H18ClNO2S2/c1-10-11-5-8-17-12(11)4-7-14(10)18(15,16)9-3-2-6-13/h5,8,10H,2-4,6-7,9H2,1H3. The van der Waals surface area contributed by atoms with E-state index in [0.717, 1.165) is 12.8 Å². The van der Waals surface area contributed by atoms with Crippen molar-refractivity contribution < 1.29 is 8.42 Å². The number of nitrogens with zero attached hydrogens (tertiary/aromatic N) is 1. The second-order valence-electron chi connectivity index (χ2n) is 4.55. The summed E-state index contributed by atoms with van der Waals surface area (Å²) in [5.41, 5.74) is 1.17. The molecule has 2 heterocycles. The molecule has 0 aromatic carbocycles. The molecule has 0 saturated carbocycles. The Morgan fingerprint density at radius 2 is 2.28 bits per heavy atom. The molecule has 0 bridgehead atoms. The molecule has 2 rings (SSSR count). The Hall–Kier alpha value is -0.100. The van der Waals surface area contributed by atoms with Gasteiger partial charge < -0.3 is 0 Å². The van der Waals surface area contributed by atoms with E-state index in [2.05, 4.69) is 0 Å². The van der Waals surface area contributed by atoms with Gasteiger partial charge in [-0.2, -0.15) is 4.31 Å². The molecule has 0 spiro atoms. The first-order chi connectivity index (χ1) is 8.56. The second-order valence-corrected chi connectivity index (χ2v) is 7.97. The molecule has 1 aliphatic heterocycles. The van der Waals surface area contributed by atoms with Crippen molar-refractivity contribution in [3.63, 3.8) is 0 Å². The summed E-state index contributed by atoms with van der Waals surface area (Å²) in [5, 5.41) is 2.05. The van der Waals surface area contributed by atoms with Crippen LogP contribution >= 0.6 is 22.9 Å². The Labute approximate surface area is 118 Å². The fourth-order valence-corrected chi connectivity index (χ4v) is 5.28. The Morgan fingerprint density at radius 1 is 1.50 bits per heavy atom. The molecule has 3 nitrogen and oxygen atoms in total. The van der Waals surface area contributed by atoms with Gasteiger partial charge >= 0.3 is 0 Å². The van der Waals surface area contributed by atoms with Crippen LogP contribution in [0, 0.1) is 0 Å². The van der Waals surface area contributed by atoms with Crippen molar-refractivity contribution >= 4 is 33.0 Å². The van der Waals surface area contributed by atoms with Crippen molar-refractivity contribution in [1.29, 1.82) is 0 Å². The Morgan fingerprint density at radius 3 is 3.00 bits per heavy atom. The molecule has 0 N–H and O–H groups in total. The lowest BCUT2D eigenvalue weighted by Crippen LogP contribution is -2.39. The van der Waals surface area contributed by atoms with Crippen LogP contribution in [-0.4, -0.2) is 30.9 Å². The third-order valence-electron chi connectivity index (χ3n) is 3.36. The van der Waals surface area contributed by atoms with E-state index in [9.17, 15) is 8.42 Å². The van der Waals surface area contributed by atoms with Crippen LogP contribution in [0.5, 0.6) is 0 Å². The summed E-state index contributed by atoms with van der Waals surface area (Å²) in [5.74, 6) is 0.739. The van der Waals surface area contributed by atoms with Crippen molar-refractivity contribution in [3.8, 4) is 0 Å². The van der Waals surface area contributed by atoms with Crippen LogP contribution in [0.15, 0.2) is 11.4 Å². The number of halogens is 1. The molecule has 1 aromatic rings. The summed E-state index contributed by atoms with van der Waals surface area (Å²) in [6, 6.07) is 2.02. The first-order valence-electron chi connectivity index (χ1n) is 6.18. The summed E-state index contributed by atoms with van der Waals surface area (Å²) in [6.07, 6.45) is 2.24. The van der Waals surface area contributed by atoms with E-state index in [4.69, 9.17) is 11.6 Å². The molecule has 18 heavy (non-hydrogen) atoms. The molecule has 0 radical (unpaired) electrons. The van der Waals surface area contributed by atoms with Gasteiger partial charge in [-0.1, -0.05) is 0 Å². The third-order valence-corrected chi connectivity index (χ3v) is 6.65. The van der Waals surface area contributed by atoms with Crippen molar-refractivity contribution in [2.75, 3.05) is 18.2 Å². The molecule has 0 aliphatic carbocycles. The zero-order valence-corrected chi connectivity index (χ0v) is 12.8. The van der Waals surface area contributed by atoms with Crippen LogP contribution in [0.1, 0.15) is 36.2 Å². The monoisotopic (exact) mass is 307 g/mol. The number of hydrogen-bond acceptors (Lipinski definition) is 3. The molecular weight excluding hydrogens is 290 g/mol. The quantitative estimate of drug-likeness (QED) is 0.619. The molecule has 6 heteroatoms. The minimum atomic E-state index is -3.15. The van der Waals surface area contributed by atoms with Gasteiger partial charge in [0.2, 0.25) is 10.0 Å². The maximum absolute atomic E-state index is 12.3. The van der Waals surface area contributed by atoms with Gasteiger partial charge in [0.25, 0.3) is 0 Å². The zero-order valence-electron chi connectivity index (χ0n) is 10.4. The largest absolute Gasteiger partial charge is 0.214 e. The van der Waals surface area contributed by atoms with E-state index in [0.29, 0.717) is 18.8 Å². The lowest BCUT2D eigenvalue weighted by atomic mass is 10.0. The highest BCUT2D eigenvalue weighted by Gasteiger charge is 2.32. The maximum atomic E-state index is 12.3. The van der Waals surface area contributed by atoms with Crippen LogP contribution < -0.4 is 0 Å². The molecule has 1 aromatic heterocycles. The van der Waals surface area contributed by atoms with Crippen molar-refractivity contribution in [2.24, 2.45) is 0 Å². The number of hydrogen-bond donors (Lipinski definition) is 0. The van der Waals surface area contributed by atoms with Gasteiger partial charge in [0, 0.05) is 23.3 Å². The van der Waals surface area contributed by atoms with Gasteiger partial charge in [-0.3, -0.25) is 0 Å². The van der Waals surface area contributed by atoms with Crippen LogP contribution in [0.4, 0.5) is 0 Å². The highest BCUT2D eigenvalue weighted by molar-refractivity contribution is 7.89. The second kappa shape index (κ2) is 5.90. The van der Waals surface area contributed by atoms with Crippen molar-refractivity contribution in [1.82, 2.24) is 4.31 Å². The molecule has 0 fully saturated rings. The van der Waals surface area contributed by atoms with Crippen LogP contribution in [0.3, 0.4) is 0 Å². The van der Waals surface area contributed by atoms with Crippen LogP contribution in [0.2, 0.25) is 0 Å². The molecule has 1 atom stereocenters. The summed E-state index contributed by atoms with van der Waals surface area (Å²) in [4.78, 5) is 1.33. The summed E-state index contributed by atoms with van der Waals surface area (Å²) >= 11 is 7.31. The molecule has 1 unspecified atom stereocenters. The van der Waals surface area contributed by atoms with E-state index in [1.807, 2.05) is 18.4 Å². The van der Waals surface area contributed by atoms with Gasteiger partial charge in [0.1, 0.15) is 0 Å².